The average Bonchev–Trinajstić information content (AvgIpc) is 2.74. The number of carbonyl (C=O) groups is 1. The smallest absolute Gasteiger partial charge is 0.248 e. The minimum Gasteiger partial charge on any atom is -0.455 e. The van der Waals surface area contributed by atoms with E-state index in [2.05, 4.69) is 5.32 Å². The van der Waals surface area contributed by atoms with E-state index in [-0.39, 0.29) is 17.8 Å². The molecule has 0 heterocycles. The van der Waals surface area contributed by atoms with Crippen molar-refractivity contribution in [2.75, 3.05) is 15.9 Å². The number of para-hydroxylation sites is 1. The van der Waals surface area contributed by atoms with Crippen LogP contribution in [-0.4, -0.2) is 26.6 Å². The van der Waals surface area contributed by atoms with Gasteiger partial charge in [0.05, 0.1) is 17.6 Å². The molecule has 0 radical (unpaired) electrons. The van der Waals surface area contributed by atoms with Crippen LogP contribution in [0.15, 0.2) is 72.8 Å². The van der Waals surface area contributed by atoms with Gasteiger partial charge in [0.2, 0.25) is 15.9 Å². The number of ether oxygens (including phenoxy) is 1. The minimum absolute atomic E-state index is 0.172. The Bertz CT molecular complexity index is 1190. The zero-order chi connectivity index (χ0) is 23.3. The van der Waals surface area contributed by atoms with Crippen LogP contribution in [0, 0.1) is 5.82 Å². The Balaban J connectivity index is 1.93. The van der Waals surface area contributed by atoms with Gasteiger partial charge < -0.3 is 10.1 Å². The molecule has 6 nitrogen and oxygen atoms in total. The van der Waals surface area contributed by atoms with Crippen molar-refractivity contribution < 1.29 is 22.3 Å². The SMILES string of the molecule is CC[C@@H](C(=O)Nc1cc(Cl)ccc1Oc1ccccc1)N(c1ccc(F)cc1)S(C)(=O)=O. The quantitative estimate of drug-likeness (QED) is 0.468. The molecule has 1 atom stereocenters. The number of nitrogens with zero attached hydrogens (tertiary/aromatic N) is 1. The maximum Gasteiger partial charge on any atom is 0.248 e. The third-order valence-corrected chi connectivity index (χ3v) is 6.00. The number of hydrogen-bond donors (Lipinski definition) is 1. The molecule has 0 fully saturated rings. The molecule has 0 aliphatic heterocycles. The Morgan fingerprint density at radius 1 is 1.09 bits per heavy atom. The van der Waals surface area contributed by atoms with Crippen molar-refractivity contribution in [1.29, 1.82) is 0 Å². The first kappa shape index (κ1) is 23.6. The molecular formula is C23H22ClFN2O4S. The number of rotatable bonds is 8. The summed E-state index contributed by atoms with van der Waals surface area (Å²) in [5, 5.41) is 3.10. The number of amides is 1. The first-order chi connectivity index (χ1) is 15.2. The van der Waals surface area contributed by atoms with Gasteiger partial charge in [0.1, 0.15) is 17.6 Å². The molecule has 1 amide bonds. The van der Waals surface area contributed by atoms with Crippen molar-refractivity contribution in [1.82, 2.24) is 0 Å². The van der Waals surface area contributed by atoms with E-state index in [0.717, 1.165) is 22.7 Å². The number of anilines is 2. The molecule has 0 aliphatic carbocycles. The van der Waals surface area contributed by atoms with Gasteiger partial charge in [0.25, 0.3) is 0 Å². The van der Waals surface area contributed by atoms with Gasteiger partial charge in [0.15, 0.2) is 5.75 Å². The van der Waals surface area contributed by atoms with Crippen LogP contribution in [0.2, 0.25) is 5.02 Å². The summed E-state index contributed by atoms with van der Waals surface area (Å²) in [6, 6.07) is 17.6. The van der Waals surface area contributed by atoms with E-state index < -0.39 is 27.8 Å². The molecule has 0 spiro atoms. The van der Waals surface area contributed by atoms with E-state index >= 15 is 0 Å². The second-order valence-electron chi connectivity index (χ2n) is 7.00. The molecular weight excluding hydrogens is 455 g/mol. The predicted molar refractivity (Wildman–Crippen MR) is 124 cm³/mol. The van der Waals surface area contributed by atoms with Crippen LogP contribution in [0.3, 0.4) is 0 Å². The largest absolute Gasteiger partial charge is 0.455 e. The summed E-state index contributed by atoms with van der Waals surface area (Å²) in [6.07, 6.45) is 1.17. The first-order valence-electron chi connectivity index (χ1n) is 9.77. The third-order valence-electron chi connectivity index (χ3n) is 4.58. The molecule has 0 saturated heterocycles. The lowest BCUT2D eigenvalue weighted by atomic mass is 10.1. The van der Waals surface area contributed by atoms with Gasteiger partial charge in [-0.1, -0.05) is 36.7 Å². The summed E-state index contributed by atoms with van der Waals surface area (Å²) in [6.45, 7) is 1.69. The standard InChI is InChI=1S/C23H22ClFN2O4S/c1-3-21(27(32(2,29)30)18-12-10-17(25)11-13-18)23(28)26-20-15-16(24)9-14-22(20)31-19-7-5-4-6-8-19/h4-15,21H,3H2,1-2H3,(H,26,28)/t21-/m0/s1. The highest BCUT2D eigenvalue weighted by Crippen LogP contribution is 2.33. The fourth-order valence-corrected chi connectivity index (χ4v) is 4.55. The van der Waals surface area contributed by atoms with Crippen LogP contribution in [0.5, 0.6) is 11.5 Å². The molecule has 0 aliphatic rings. The van der Waals surface area contributed by atoms with Crippen molar-refractivity contribution in [2.24, 2.45) is 0 Å². The molecule has 32 heavy (non-hydrogen) atoms. The lowest BCUT2D eigenvalue weighted by molar-refractivity contribution is -0.117. The molecule has 0 bridgehead atoms. The summed E-state index contributed by atoms with van der Waals surface area (Å²) in [7, 11) is -3.85. The highest BCUT2D eigenvalue weighted by atomic mass is 35.5. The first-order valence-corrected chi connectivity index (χ1v) is 12.0. The van der Waals surface area contributed by atoms with Crippen molar-refractivity contribution in [2.45, 2.75) is 19.4 Å². The molecule has 0 unspecified atom stereocenters. The average molecular weight is 477 g/mol. The van der Waals surface area contributed by atoms with Crippen molar-refractivity contribution in [3.63, 3.8) is 0 Å². The Labute approximate surface area is 191 Å². The summed E-state index contributed by atoms with van der Waals surface area (Å²) in [5.41, 5.74) is 0.472. The number of nitrogens with one attached hydrogen (secondary N) is 1. The van der Waals surface area contributed by atoms with Crippen LogP contribution >= 0.6 is 11.6 Å². The monoisotopic (exact) mass is 476 g/mol. The van der Waals surface area contributed by atoms with Crippen molar-refractivity contribution in [3.8, 4) is 11.5 Å². The Kier molecular flexibility index (Phi) is 7.37. The number of sulfonamides is 1. The van der Waals surface area contributed by atoms with Crippen molar-refractivity contribution in [3.05, 3.63) is 83.6 Å². The van der Waals surface area contributed by atoms with E-state index in [9.17, 15) is 17.6 Å². The van der Waals surface area contributed by atoms with Gasteiger partial charge >= 0.3 is 0 Å². The van der Waals surface area contributed by atoms with Gasteiger partial charge in [-0.3, -0.25) is 9.10 Å². The molecule has 9 heteroatoms. The van der Waals surface area contributed by atoms with Crippen LogP contribution < -0.4 is 14.4 Å². The Morgan fingerprint density at radius 3 is 2.34 bits per heavy atom. The number of benzene rings is 3. The number of carbonyl (C=O) groups excluding carboxylic acids is 1. The van der Waals surface area contributed by atoms with E-state index in [1.165, 1.54) is 18.2 Å². The summed E-state index contributed by atoms with van der Waals surface area (Å²) < 4.78 is 45.3. The lowest BCUT2D eigenvalue weighted by Gasteiger charge is -2.30. The Morgan fingerprint density at radius 2 is 1.75 bits per heavy atom. The maximum atomic E-state index is 13.4. The molecule has 0 saturated carbocycles. The number of hydrogen-bond acceptors (Lipinski definition) is 4. The second-order valence-corrected chi connectivity index (χ2v) is 9.30. The molecule has 1 N–H and O–H groups in total. The van der Waals surface area contributed by atoms with Crippen LogP contribution in [0.25, 0.3) is 0 Å². The van der Waals surface area contributed by atoms with Gasteiger partial charge in [-0.2, -0.15) is 0 Å². The highest BCUT2D eigenvalue weighted by molar-refractivity contribution is 7.92. The fraction of sp³-hybridized carbons (Fsp3) is 0.174. The second kappa shape index (κ2) is 10.0. The third kappa shape index (κ3) is 5.77. The Hall–Kier alpha value is -3.10. The van der Waals surface area contributed by atoms with Crippen LogP contribution in [0.4, 0.5) is 15.8 Å². The lowest BCUT2D eigenvalue weighted by Crippen LogP contribution is -2.47. The van der Waals surface area contributed by atoms with E-state index in [4.69, 9.17) is 16.3 Å². The minimum atomic E-state index is -3.85. The molecule has 3 aromatic rings. The van der Waals surface area contributed by atoms with Gasteiger partial charge in [-0.15, -0.1) is 0 Å². The van der Waals surface area contributed by atoms with Crippen LogP contribution in [0.1, 0.15) is 13.3 Å². The van der Waals surface area contributed by atoms with E-state index in [1.54, 1.807) is 31.2 Å². The van der Waals surface area contributed by atoms with Gasteiger partial charge in [0, 0.05) is 5.02 Å². The molecule has 3 rings (SSSR count). The zero-order valence-electron chi connectivity index (χ0n) is 17.5. The van der Waals surface area contributed by atoms with E-state index in [0.29, 0.717) is 16.5 Å². The van der Waals surface area contributed by atoms with E-state index in [1.807, 2.05) is 18.2 Å². The maximum absolute atomic E-state index is 13.4. The molecule has 0 aromatic heterocycles. The highest BCUT2D eigenvalue weighted by Gasteiger charge is 2.32. The number of halogens is 2. The normalized spacial score (nSPS) is 12.1. The predicted octanol–water partition coefficient (Wildman–Crippen LogP) is 5.45. The van der Waals surface area contributed by atoms with Gasteiger partial charge in [-0.25, -0.2) is 12.8 Å². The van der Waals surface area contributed by atoms with Crippen molar-refractivity contribution >= 4 is 38.9 Å². The molecule has 168 valence electrons. The molecule has 3 aromatic carbocycles. The summed E-state index contributed by atoms with van der Waals surface area (Å²) in [4.78, 5) is 13.2. The topological polar surface area (TPSA) is 75.7 Å². The van der Waals surface area contributed by atoms with Gasteiger partial charge in [-0.05, 0) is 61.0 Å². The summed E-state index contributed by atoms with van der Waals surface area (Å²) >= 11 is 6.11. The fourth-order valence-electron chi connectivity index (χ4n) is 3.17. The summed E-state index contributed by atoms with van der Waals surface area (Å²) in [5.74, 6) is -0.193. The zero-order valence-corrected chi connectivity index (χ0v) is 19.0. The van der Waals surface area contributed by atoms with Crippen LogP contribution in [-0.2, 0) is 14.8 Å².